The van der Waals surface area contributed by atoms with Crippen LogP contribution < -0.4 is 0 Å². The molecule has 0 fully saturated rings. The molecule has 0 amide bonds. The third kappa shape index (κ3) is 2.52. The highest BCUT2D eigenvalue weighted by molar-refractivity contribution is 9.10. The van der Waals surface area contributed by atoms with Gasteiger partial charge in [0.2, 0.25) is 0 Å². The molecule has 104 valence electrons. The van der Waals surface area contributed by atoms with Crippen LogP contribution in [0, 0.1) is 23.3 Å². The Morgan fingerprint density at radius 1 is 0.850 bits per heavy atom. The number of hydrogen-bond acceptors (Lipinski definition) is 1. The topological polar surface area (TPSA) is 17.1 Å². The van der Waals surface area contributed by atoms with Gasteiger partial charge in [0.1, 0.15) is 5.82 Å². The molecule has 0 bridgehead atoms. The first-order valence-electron chi connectivity index (χ1n) is 5.16. The van der Waals surface area contributed by atoms with Crippen LogP contribution in [-0.2, 0) is 0 Å². The summed E-state index contributed by atoms with van der Waals surface area (Å²) in [5, 5.41) is 0. The largest absolute Gasteiger partial charge is 0.288 e. The molecule has 1 nitrogen and oxygen atoms in total. The predicted octanol–water partition coefficient (Wildman–Crippen LogP) is 5.00. The summed E-state index contributed by atoms with van der Waals surface area (Å²) in [6, 6.07) is 3.65. The highest BCUT2D eigenvalue weighted by Gasteiger charge is 2.24. The van der Waals surface area contributed by atoms with E-state index in [-0.39, 0.29) is 10.0 Å². The zero-order chi connectivity index (χ0) is 15.0. The van der Waals surface area contributed by atoms with Gasteiger partial charge in [0, 0.05) is 5.56 Å². The lowest BCUT2D eigenvalue weighted by Crippen LogP contribution is -2.10. The molecule has 0 radical (unpaired) electrons. The summed E-state index contributed by atoms with van der Waals surface area (Å²) in [7, 11) is 0. The van der Waals surface area contributed by atoms with Crippen LogP contribution in [0.3, 0.4) is 0 Å². The molecule has 0 aliphatic rings. The van der Waals surface area contributed by atoms with Crippen molar-refractivity contribution in [3.63, 3.8) is 0 Å². The second-order valence-corrected chi connectivity index (χ2v) is 5.42. The normalized spacial score (nSPS) is 10.7. The summed E-state index contributed by atoms with van der Waals surface area (Å²) in [6.45, 7) is 0. The van der Waals surface area contributed by atoms with Crippen molar-refractivity contribution in [2.75, 3.05) is 0 Å². The van der Waals surface area contributed by atoms with Crippen molar-refractivity contribution in [2.24, 2.45) is 0 Å². The molecule has 0 unspecified atom stereocenters. The van der Waals surface area contributed by atoms with Crippen LogP contribution in [0.1, 0.15) is 15.9 Å². The lowest BCUT2D eigenvalue weighted by Gasteiger charge is -2.08. The zero-order valence-corrected chi connectivity index (χ0v) is 12.7. The molecule has 2 aromatic carbocycles. The molecule has 0 N–H and O–H groups in total. The molecular formula is C13H4Br2F4O. The summed E-state index contributed by atoms with van der Waals surface area (Å²) >= 11 is 5.53. The molecule has 0 aliphatic carbocycles. The van der Waals surface area contributed by atoms with E-state index in [4.69, 9.17) is 0 Å². The first kappa shape index (κ1) is 15.2. The molecule has 0 atom stereocenters. The average Bonchev–Trinajstić information content (AvgIpc) is 2.41. The molecular weight excluding hydrogens is 408 g/mol. The van der Waals surface area contributed by atoms with E-state index in [1.807, 2.05) is 0 Å². The van der Waals surface area contributed by atoms with E-state index in [1.54, 1.807) is 0 Å². The minimum Gasteiger partial charge on any atom is -0.288 e. The minimum atomic E-state index is -1.30. The van der Waals surface area contributed by atoms with Gasteiger partial charge in [-0.2, -0.15) is 0 Å². The van der Waals surface area contributed by atoms with Gasteiger partial charge in [0.25, 0.3) is 0 Å². The third-order valence-corrected chi connectivity index (χ3v) is 3.94. The third-order valence-electron chi connectivity index (χ3n) is 2.55. The summed E-state index contributed by atoms with van der Waals surface area (Å²) in [5.41, 5.74) is -1.22. The van der Waals surface area contributed by atoms with Crippen molar-refractivity contribution in [3.8, 4) is 0 Å². The number of hydrogen-bond donors (Lipinski definition) is 0. The van der Waals surface area contributed by atoms with E-state index >= 15 is 0 Å². The van der Waals surface area contributed by atoms with Crippen molar-refractivity contribution in [1.82, 2.24) is 0 Å². The molecule has 20 heavy (non-hydrogen) atoms. The lowest BCUT2D eigenvalue weighted by molar-refractivity contribution is 0.102. The predicted molar refractivity (Wildman–Crippen MR) is 71.5 cm³/mol. The Morgan fingerprint density at radius 2 is 1.45 bits per heavy atom. The van der Waals surface area contributed by atoms with Gasteiger partial charge in [-0.3, -0.25) is 4.79 Å². The summed E-state index contributed by atoms with van der Waals surface area (Å²) in [5.74, 6) is -5.76. The Hall–Kier alpha value is -1.21. The van der Waals surface area contributed by atoms with E-state index in [0.717, 1.165) is 18.2 Å². The van der Waals surface area contributed by atoms with Gasteiger partial charge in [-0.15, -0.1) is 0 Å². The second-order valence-electron chi connectivity index (χ2n) is 3.77. The summed E-state index contributed by atoms with van der Waals surface area (Å²) in [6.07, 6.45) is 0. The van der Waals surface area contributed by atoms with Gasteiger partial charge in [-0.05, 0) is 56.1 Å². The Labute approximate surface area is 127 Å². The van der Waals surface area contributed by atoms with Crippen molar-refractivity contribution < 1.29 is 22.4 Å². The first-order valence-corrected chi connectivity index (χ1v) is 6.75. The number of ketones is 1. The van der Waals surface area contributed by atoms with Crippen LogP contribution in [0.4, 0.5) is 17.6 Å². The van der Waals surface area contributed by atoms with Gasteiger partial charge < -0.3 is 0 Å². The van der Waals surface area contributed by atoms with Crippen LogP contribution in [-0.4, -0.2) is 5.78 Å². The lowest BCUT2D eigenvalue weighted by atomic mass is 10.0. The van der Waals surface area contributed by atoms with E-state index in [2.05, 4.69) is 31.9 Å². The standard InChI is InChI=1S/C13H4Br2F4O/c14-6-2-4-7(16)9(11(6)18)13(20)5-1-3-8(17)12(19)10(5)15/h1-4H. The van der Waals surface area contributed by atoms with Crippen molar-refractivity contribution in [1.29, 1.82) is 0 Å². The fourth-order valence-corrected chi connectivity index (χ4v) is 2.40. The Bertz CT molecular complexity index is 716. The summed E-state index contributed by atoms with van der Waals surface area (Å²) < 4.78 is 53.2. The fourth-order valence-electron chi connectivity index (χ4n) is 1.57. The van der Waals surface area contributed by atoms with Crippen LogP contribution in [0.5, 0.6) is 0 Å². The highest BCUT2D eigenvalue weighted by atomic mass is 79.9. The van der Waals surface area contributed by atoms with Gasteiger partial charge in [-0.1, -0.05) is 0 Å². The van der Waals surface area contributed by atoms with Gasteiger partial charge in [-0.25, -0.2) is 17.6 Å². The van der Waals surface area contributed by atoms with E-state index in [0.29, 0.717) is 6.07 Å². The number of carbonyl (C=O) groups is 1. The maximum Gasteiger partial charge on any atom is 0.200 e. The molecule has 0 aliphatic heterocycles. The van der Waals surface area contributed by atoms with E-state index in [9.17, 15) is 22.4 Å². The minimum absolute atomic E-state index is 0.110. The number of rotatable bonds is 2. The molecule has 0 saturated heterocycles. The van der Waals surface area contributed by atoms with Crippen LogP contribution in [0.2, 0.25) is 0 Å². The van der Waals surface area contributed by atoms with Crippen molar-refractivity contribution in [2.45, 2.75) is 0 Å². The van der Waals surface area contributed by atoms with Crippen LogP contribution in [0.15, 0.2) is 33.2 Å². The quantitative estimate of drug-likeness (QED) is 0.294. The van der Waals surface area contributed by atoms with Crippen molar-refractivity contribution >= 4 is 37.6 Å². The molecule has 0 saturated carbocycles. The Kier molecular flexibility index (Phi) is 4.29. The zero-order valence-electron chi connectivity index (χ0n) is 9.49. The second kappa shape index (κ2) is 5.65. The average molecular weight is 412 g/mol. The monoisotopic (exact) mass is 410 g/mol. The van der Waals surface area contributed by atoms with Gasteiger partial charge in [0.05, 0.1) is 14.5 Å². The molecule has 2 aromatic rings. The van der Waals surface area contributed by atoms with E-state index < -0.39 is 39.1 Å². The van der Waals surface area contributed by atoms with Gasteiger partial charge in [0.15, 0.2) is 23.2 Å². The van der Waals surface area contributed by atoms with E-state index in [1.165, 1.54) is 0 Å². The SMILES string of the molecule is O=C(c1ccc(F)c(F)c1Br)c1c(F)ccc(Br)c1F. The Balaban J connectivity index is 2.64. The van der Waals surface area contributed by atoms with Gasteiger partial charge >= 0.3 is 0 Å². The number of halogens is 6. The Morgan fingerprint density at radius 3 is 2.10 bits per heavy atom. The fraction of sp³-hybridized carbons (Fsp3) is 0. The molecule has 2 rings (SSSR count). The number of carbonyl (C=O) groups excluding carboxylic acids is 1. The molecule has 0 aromatic heterocycles. The molecule has 0 spiro atoms. The highest BCUT2D eigenvalue weighted by Crippen LogP contribution is 2.29. The maximum atomic E-state index is 13.8. The van der Waals surface area contributed by atoms with Crippen LogP contribution >= 0.6 is 31.9 Å². The van der Waals surface area contributed by atoms with Crippen molar-refractivity contribution in [3.05, 3.63) is 67.6 Å². The smallest absolute Gasteiger partial charge is 0.200 e. The number of benzene rings is 2. The van der Waals surface area contributed by atoms with Crippen LogP contribution in [0.25, 0.3) is 0 Å². The maximum absolute atomic E-state index is 13.8. The molecule has 0 heterocycles. The summed E-state index contributed by atoms with van der Waals surface area (Å²) in [4.78, 5) is 12.1. The molecule has 7 heteroatoms. The first-order chi connectivity index (χ1) is 9.34.